The summed E-state index contributed by atoms with van der Waals surface area (Å²) in [6, 6.07) is 5.08. The number of carbonyl (C=O) groups is 1. The first-order valence-electron chi connectivity index (χ1n) is 6.15. The van der Waals surface area contributed by atoms with Crippen LogP contribution in [0.4, 0.5) is 5.69 Å². The van der Waals surface area contributed by atoms with E-state index in [0.717, 1.165) is 5.69 Å². The number of methoxy groups -OCH3 is 4. The predicted octanol–water partition coefficient (Wildman–Crippen LogP) is 1.90. The third-order valence-electron chi connectivity index (χ3n) is 2.87. The summed E-state index contributed by atoms with van der Waals surface area (Å²) >= 11 is 0. The first-order valence-corrected chi connectivity index (χ1v) is 6.15. The lowest BCUT2D eigenvalue weighted by molar-refractivity contribution is -0.109. The van der Waals surface area contributed by atoms with E-state index in [0.29, 0.717) is 11.3 Å². The van der Waals surface area contributed by atoms with E-state index in [4.69, 9.17) is 18.9 Å². The summed E-state index contributed by atoms with van der Waals surface area (Å²) in [5.41, 5.74) is 1.17. The highest BCUT2D eigenvalue weighted by Crippen LogP contribution is 2.24. The molecule has 0 aliphatic carbocycles. The zero-order chi connectivity index (χ0) is 15.1. The van der Waals surface area contributed by atoms with E-state index in [1.54, 1.807) is 32.4 Å². The molecule has 1 atom stereocenters. The van der Waals surface area contributed by atoms with Gasteiger partial charge in [0.05, 0.1) is 20.3 Å². The molecule has 0 spiro atoms. The van der Waals surface area contributed by atoms with Gasteiger partial charge in [-0.05, 0) is 19.1 Å². The fraction of sp³-hybridized carbons (Fsp3) is 0.500. The summed E-state index contributed by atoms with van der Waals surface area (Å²) in [5, 5.41) is 3.22. The number of ether oxygens (including phenoxy) is 4. The van der Waals surface area contributed by atoms with Crippen molar-refractivity contribution in [3.8, 4) is 5.75 Å². The monoisotopic (exact) mass is 283 g/mol. The molecular formula is C14H21NO5. The van der Waals surface area contributed by atoms with Crippen molar-refractivity contribution in [3.63, 3.8) is 0 Å². The first-order chi connectivity index (χ1) is 9.57. The van der Waals surface area contributed by atoms with Crippen molar-refractivity contribution in [2.45, 2.75) is 19.3 Å². The van der Waals surface area contributed by atoms with Crippen molar-refractivity contribution >= 4 is 11.7 Å². The molecular weight excluding hydrogens is 262 g/mol. The number of nitrogens with one attached hydrogen (secondary N) is 1. The topological polar surface area (TPSA) is 66.0 Å². The summed E-state index contributed by atoms with van der Waals surface area (Å²) in [6.45, 7) is 1.93. The Morgan fingerprint density at radius 3 is 2.30 bits per heavy atom. The van der Waals surface area contributed by atoms with E-state index in [-0.39, 0.29) is 12.3 Å². The van der Waals surface area contributed by atoms with Crippen LogP contribution in [-0.2, 0) is 14.2 Å². The molecule has 20 heavy (non-hydrogen) atoms. The molecule has 0 amide bonds. The number of esters is 1. The van der Waals surface area contributed by atoms with Crippen LogP contribution < -0.4 is 10.1 Å². The van der Waals surface area contributed by atoms with Gasteiger partial charge >= 0.3 is 5.97 Å². The molecule has 0 heterocycles. The minimum Gasteiger partial charge on any atom is -0.496 e. The van der Waals surface area contributed by atoms with Crippen LogP contribution in [0.15, 0.2) is 18.2 Å². The van der Waals surface area contributed by atoms with Crippen LogP contribution in [0.1, 0.15) is 17.3 Å². The minimum absolute atomic E-state index is 0.0707. The number of carbonyl (C=O) groups excluding carboxylic acids is 1. The smallest absolute Gasteiger partial charge is 0.341 e. The van der Waals surface area contributed by atoms with E-state index in [2.05, 4.69) is 5.32 Å². The molecule has 1 aromatic rings. The molecule has 1 aromatic carbocycles. The Bertz CT molecular complexity index is 445. The van der Waals surface area contributed by atoms with Gasteiger partial charge in [-0.25, -0.2) is 4.79 Å². The van der Waals surface area contributed by atoms with Crippen molar-refractivity contribution in [2.24, 2.45) is 0 Å². The molecule has 0 saturated heterocycles. The Morgan fingerprint density at radius 2 is 1.80 bits per heavy atom. The SMILES string of the molecule is COC(=O)c1ccc(N[C@@H](C)C(OC)OC)cc1OC. The Balaban J connectivity index is 2.90. The molecule has 0 aromatic heterocycles. The minimum atomic E-state index is -0.437. The number of hydrogen-bond acceptors (Lipinski definition) is 6. The molecule has 0 radical (unpaired) electrons. The Hall–Kier alpha value is -1.79. The van der Waals surface area contributed by atoms with Crippen molar-refractivity contribution in [1.29, 1.82) is 0 Å². The van der Waals surface area contributed by atoms with Crippen molar-refractivity contribution in [2.75, 3.05) is 33.8 Å². The van der Waals surface area contributed by atoms with Gasteiger partial charge in [0.2, 0.25) is 0 Å². The van der Waals surface area contributed by atoms with Crippen molar-refractivity contribution in [1.82, 2.24) is 0 Å². The molecule has 1 rings (SSSR count). The van der Waals surface area contributed by atoms with Crippen LogP contribution in [0.5, 0.6) is 5.75 Å². The quantitative estimate of drug-likeness (QED) is 0.609. The highest BCUT2D eigenvalue weighted by atomic mass is 16.7. The molecule has 0 unspecified atom stereocenters. The fourth-order valence-electron chi connectivity index (χ4n) is 1.90. The molecule has 0 bridgehead atoms. The highest BCUT2D eigenvalue weighted by molar-refractivity contribution is 5.93. The van der Waals surface area contributed by atoms with Gasteiger partial charge in [-0.15, -0.1) is 0 Å². The van der Waals surface area contributed by atoms with Crippen molar-refractivity contribution in [3.05, 3.63) is 23.8 Å². The van der Waals surface area contributed by atoms with Gasteiger partial charge in [0.15, 0.2) is 6.29 Å². The van der Waals surface area contributed by atoms with E-state index in [9.17, 15) is 4.79 Å². The van der Waals surface area contributed by atoms with Gasteiger partial charge < -0.3 is 24.3 Å². The molecule has 0 aliphatic heterocycles. The lowest BCUT2D eigenvalue weighted by Crippen LogP contribution is -2.33. The first kappa shape index (κ1) is 16.3. The van der Waals surface area contributed by atoms with Crippen molar-refractivity contribution < 1.29 is 23.7 Å². The highest BCUT2D eigenvalue weighted by Gasteiger charge is 2.17. The summed E-state index contributed by atoms with van der Waals surface area (Å²) in [6.07, 6.45) is -0.374. The predicted molar refractivity (Wildman–Crippen MR) is 75.2 cm³/mol. The van der Waals surface area contributed by atoms with Crippen LogP contribution in [-0.4, -0.2) is 46.7 Å². The Morgan fingerprint density at radius 1 is 1.15 bits per heavy atom. The van der Waals surface area contributed by atoms with E-state index in [1.807, 2.05) is 6.92 Å². The normalized spacial score (nSPS) is 12.1. The summed E-state index contributed by atoms with van der Waals surface area (Å²) in [4.78, 5) is 11.6. The molecule has 112 valence electrons. The van der Waals surface area contributed by atoms with Crippen LogP contribution in [0, 0.1) is 0 Å². The number of hydrogen-bond donors (Lipinski definition) is 1. The van der Waals surface area contributed by atoms with Gasteiger partial charge in [-0.3, -0.25) is 0 Å². The van der Waals surface area contributed by atoms with Crippen LogP contribution in [0.2, 0.25) is 0 Å². The van der Waals surface area contributed by atoms with Gasteiger partial charge in [-0.2, -0.15) is 0 Å². The summed E-state index contributed by atoms with van der Waals surface area (Å²) < 4.78 is 20.3. The second kappa shape index (κ2) is 7.72. The molecule has 1 N–H and O–H groups in total. The lowest BCUT2D eigenvalue weighted by Gasteiger charge is -2.23. The van der Waals surface area contributed by atoms with Crippen LogP contribution in [0.25, 0.3) is 0 Å². The van der Waals surface area contributed by atoms with E-state index < -0.39 is 5.97 Å². The Kier molecular flexibility index (Phi) is 6.27. The molecule has 0 saturated carbocycles. The average Bonchev–Trinajstić information content (AvgIpc) is 2.47. The Labute approximate surface area is 119 Å². The van der Waals surface area contributed by atoms with E-state index in [1.165, 1.54) is 14.2 Å². The van der Waals surface area contributed by atoms with Gasteiger partial charge in [0.1, 0.15) is 11.3 Å². The standard InChI is InChI=1S/C14H21NO5/c1-9(14(19-4)20-5)15-10-6-7-11(13(16)18-3)12(8-10)17-2/h6-9,14-15H,1-5H3/t9-/m0/s1. The van der Waals surface area contributed by atoms with Gasteiger partial charge in [0, 0.05) is 26.0 Å². The second-order valence-corrected chi connectivity index (χ2v) is 4.18. The summed E-state index contributed by atoms with van der Waals surface area (Å²) in [7, 11) is 5.99. The molecule has 0 fully saturated rings. The number of rotatable bonds is 7. The number of benzene rings is 1. The fourth-order valence-corrected chi connectivity index (χ4v) is 1.90. The maximum atomic E-state index is 11.6. The number of anilines is 1. The average molecular weight is 283 g/mol. The third kappa shape index (κ3) is 3.85. The molecule has 6 heteroatoms. The zero-order valence-electron chi connectivity index (χ0n) is 12.4. The maximum absolute atomic E-state index is 11.6. The third-order valence-corrected chi connectivity index (χ3v) is 2.87. The summed E-state index contributed by atoms with van der Waals surface area (Å²) in [5.74, 6) is 0.00791. The van der Waals surface area contributed by atoms with Crippen LogP contribution >= 0.6 is 0 Å². The van der Waals surface area contributed by atoms with E-state index >= 15 is 0 Å². The maximum Gasteiger partial charge on any atom is 0.341 e. The molecule has 6 nitrogen and oxygen atoms in total. The van der Waals surface area contributed by atoms with Crippen LogP contribution in [0.3, 0.4) is 0 Å². The molecule has 0 aliphatic rings. The van der Waals surface area contributed by atoms with Gasteiger partial charge in [0.25, 0.3) is 0 Å². The second-order valence-electron chi connectivity index (χ2n) is 4.18. The zero-order valence-corrected chi connectivity index (χ0v) is 12.4. The largest absolute Gasteiger partial charge is 0.496 e. The van der Waals surface area contributed by atoms with Gasteiger partial charge in [-0.1, -0.05) is 0 Å². The lowest BCUT2D eigenvalue weighted by atomic mass is 10.1.